The highest BCUT2D eigenvalue weighted by atomic mass is 35.5. The van der Waals surface area contributed by atoms with Gasteiger partial charge in [0.1, 0.15) is 11.0 Å². The molecule has 0 aromatic carbocycles. The largest absolute Gasteiger partial charge is 0.393 e. The van der Waals surface area contributed by atoms with Crippen molar-refractivity contribution < 1.29 is 5.11 Å². The van der Waals surface area contributed by atoms with Crippen molar-refractivity contribution in [2.75, 3.05) is 11.9 Å². The standard InChI is InChI=1S/C13H20ClN3O/c14-12-8-15-9-13(17-12)16-7-3-5-10-4-1-2-6-11(10)18/h8-11,18H,1-7H2,(H,16,17). The lowest BCUT2D eigenvalue weighted by Gasteiger charge is -2.27. The number of nitrogens with zero attached hydrogens (tertiary/aromatic N) is 2. The summed E-state index contributed by atoms with van der Waals surface area (Å²) < 4.78 is 0. The molecule has 0 aliphatic heterocycles. The van der Waals surface area contributed by atoms with Crippen LogP contribution in [-0.4, -0.2) is 27.7 Å². The van der Waals surface area contributed by atoms with Crippen LogP contribution in [0.15, 0.2) is 12.4 Å². The summed E-state index contributed by atoms with van der Waals surface area (Å²) in [4.78, 5) is 8.08. The van der Waals surface area contributed by atoms with Gasteiger partial charge in [-0.3, -0.25) is 4.98 Å². The molecule has 1 aliphatic rings. The van der Waals surface area contributed by atoms with Gasteiger partial charge in [-0.1, -0.05) is 24.4 Å². The van der Waals surface area contributed by atoms with Crippen LogP contribution < -0.4 is 5.32 Å². The molecule has 1 saturated carbocycles. The summed E-state index contributed by atoms with van der Waals surface area (Å²) in [7, 11) is 0. The molecule has 18 heavy (non-hydrogen) atoms. The van der Waals surface area contributed by atoms with Crippen molar-refractivity contribution in [1.82, 2.24) is 9.97 Å². The van der Waals surface area contributed by atoms with E-state index in [4.69, 9.17) is 11.6 Å². The highest BCUT2D eigenvalue weighted by molar-refractivity contribution is 6.29. The zero-order valence-corrected chi connectivity index (χ0v) is 11.2. The van der Waals surface area contributed by atoms with E-state index in [1.54, 1.807) is 6.20 Å². The van der Waals surface area contributed by atoms with Gasteiger partial charge in [0.25, 0.3) is 0 Å². The maximum absolute atomic E-state index is 9.86. The van der Waals surface area contributed by atoms with Crippen LogP contribution in [0.3, 0.4) is 0 Å². The average molecular weight is 270 g/mol. The van der Waals surface area contributed by atoms with Gasteiger partial charge in [-0.15, -0.1) is 0 Å². The molecule has 0 amide bonds. The van der Waals surface area contributed by atoms with Gasteiger partial charge < -0.3 is 10.4 Å². The van der Waals surface area contributed by atoms with Gasteiger partial charge in [0, 0.05) is 6.54 Å². The maximum Gasteiger partial charge on any atom is 0.149 e. The predicted molar refractivity (Wildman–Crippen MR) is 72.7 cm³/mol. The van der Waals surface area contributed by atoms with Crippen molar-refractivity contribution in [3.63, 3.8) is 0 Å². The molecule has 2 atom stereocenters. The quantitative estimate of drug-likeness (QED) is 0.807. The fourth-order valence-corrected chi connectivity index (χ4v) is 2.68. The van der Waals surface area contributed by atoms with Gasteiger partial charge in [0.2, 0.25) is 0 Å². The molecule has 2 unspecified atom stereocenters. The molecule has 1 aromatic heterocycles. The smallest absolute Gasteiger partial charge is 0.149 e. The molecule has 0 radical (unpaired) electrons. The van der Waals surface area contributed by atoms with E-state index in [1.165, 1.54) is 19.0 Å². The molecule has 0 spiro atoms. The van der Waals surface area contributed by atoms with Crippen molar-refractivity contribution in [3.05, 3.63) is 17.5 Å². The molecule has 1 fully saturated rings. The minimum absolute atomic E-state index is 0.0929. The maximum atomic E-state index is 9.86. The molecule has 2 N–H and O–H groups in total. The van der Waals surface area contributed by atoms with Crippen LogP contribution in [0.2, 0.25) is 5.15 Å². The average Bonchev–Trinajstić information content (AvgIpc) is 2.37. The van der Waals surface area contributed by atoms with Crippen molar-refractivity contribution in [1.29, 1.82) is 0 Å². The summed E-state index contributed by atoms with van der Waals surface area (Å²) in [5.41, 5.74) is 0. The first-order valence-corrected chi connectivity index (χ1v) is 7.03. The molecule has 1 aliphatic carbocycles. The number of aliphatic hydroxyl groups is 1. The third-order valence-corrected chi connectivity index (χ3v) is 3.71. The predicted octanol–water partition coefficient (Wildman–Crippen LogP) is 2.87. The number of anilines is 1. The Morgan fingerprint density at radius 3 is 2.94 bits per heavy atom. The topological polar surface area (TPSA) is 58.0 Å². The molecule has 2 rings (SSSR count). The lowest BCUT2D eigenvalue weighted by atomic mass is 9.83. The van der Waals surface area contributed by atoms with Crippen LogP contribution in [-0.2, 0) is 0 Å². The Balaban J connectivity index is 1.66. The summed E-state index contributed by atoms with van der Waals surface area (Å²) in [6, 6.07) is 0. The first kappa shape index (κ1) is 13.6. The van der Waals surface area contributed by atoms with Crippen LogP contribution in [0, 0.1) is 5.92 Å². The number of hydrogen-bond donors (Lipinski definition) is 2. The number of hydrogen-bond acceptors (Lipinski definition) is 4. The molecule has 0 bridgehead atoms. The van der Waals surface area contributed by atoms with Gasteiger partial charge in [-0.25, -0.2) is 4.98 Å². The van der Waals surface area contributed by atoms with E-state index in [9.17, 15) is 5.11 Å². The van der Waals surface area contributed by atoms with E-state index in [1.807, 2.05) is 0 Å². The van der Waals surface area contributed by atoms with Gasteiger partial charge in [-0.2, -0.15) is 0 Å². The SMILES string of the molecule is OC1CCCCC1CCCNc1cncc(Cl)n1. The Kier molecular flexibility index (Phi) is 5.20. The van der Waals surface area contributed by atoms with Crippen LogP contribution in [0.4, 0.5) is 5.82 Å². The molecule has 1 heterocycles. The Morgan fingerprint density at radius 1 is 1.33 bits per heavy atom. The molecule has 1 aromatic rings. The summed E-state index contributed by atoms with van der Waals surface area (Å²) in [5, 5.41) is 13.5. The van der Waals surface area contributed by atoms with E-state index in [0.29, 0.717) is 16.9 Å². The van der Waals surface area contributed by atoms with Gasteiger partial charge >= 0.3 is 0 Å². The van der Waals surface area contributed by atoms with Crippen LogP contribution >= 0.6 is 11.6 Å². The van der Waals surface area contributed by atoms with Gasteiger partial charge in [0.15, 0.2) is 0 Å². The summed E-state index contributed by atoms with van der Waals surface area (Å²) in [6.07, 6.45) is 9.77. The molecule has 5 heteroatoms. The first-order chi connectivity index (χ1) is 8.75. The van der Waals surface area contributed by atoms with Crippen molar-refractivity contribution in [2.24, 2.45) is 5.92 Å². The second-order valence-electron chi connectivity index (χ2n) is 4.91. The summed E-state index contributed by atoms with van der Waals surface area (Å²) in [5.74, 6) is 1.19. The molecule has 4 nitrogen and oxygen atoms in total. The lowest BCUT2D eigenvalue weighted by Crippen LogP contribution is -2.24. The zero-order chi connectivity index (χ0) is 12.8. The van der Waals surface area contributed by atoms with Crippen molar-refractivity contribution >= 4 is 17.4 Å². The third kappa shape index (κ3) is 4.10. The van der Waals surface area contributed by atoms with Crippen LogP contribution in [0.5, 0.6) is 0 Å². The Morgan fingerprint density at radius 2 is 2.17 bits per heavy atom. The van der Waals surface area contributed by atoms with Gasteiger partial charge in [0.05, 0.1) is 18.5 Å². The normalized spacial score (nSPS) is 23.9. The monoisotopic (exact) mass is 269 g/mol. The minimum Gasteiger partial charge on any atom is -0.393 e. The Hall–Kier alpha value is -0.870. The summed E-state index contributed by atoms with van der Waals surface area (Å²) >= 11 is 5.75. The minimum atomic E-state index is -0.0929. The van der Waals surface area contributed by atoms with Gasteiger partial charge in [-0.05, 0) is 31.6 Å². The zero-order valence-electron chi connectivity index (χ0n) is 10.5. The third-order valence-electron chi connectivity index (χ3n) is 3.53. The number of aliphatic hydroxyl groups excluding tert-OH is 1. The first-order valence-electron chi connectivity index (χ1n) is 6.65. The molecular weight excluding hydrogens is 250 g/mol. The van der Waals surface area contributed by atoms with E-state index in [2.05, 4.69) is 15.3 Å². The number of aromatic nitrogens is 2. The van der Waals surface area contributed by atoms with E-state index < -0.39 is 0 Å². The fraction of sp³-hybridized carbons (Fsp3) is 0.692. The lowest BCUT2D eigenvalue weighted by molar-refractivity contribution is 0.0648. The second kappa shape index (κ2) is 6.90. The Labute approximate surface area is 113 Å². The van der Waals surface area contributed by atoms with Crippen LogP contribution in [0.25, 0.3) is 0 Å². The van der Waals surface area contributed by atoms with Crippen molar-refractivity contribution in [2.45, 2.75) is 44.6 Å². The summed E-state index contributed by atoms with van der Waals surface area (Å²) in [6.45, 7) is 0.845. The molecule has 0 saturated heterocycles. The van der Waals surface area contributed by atoms with E-state index in [0.717, 1.165) is 32.2 Å². The van der Waals surface area contributed by atoms with E-state index >= 15 is 0 Å². The second-order valence-corrected chi connectivity index (χ2v) is 5.30. The Bertz CT molecular complexity index is 375. The fourth-order valence-electron chi connectivity index (χ4n) is 2.53. The van der Waals surface area contributed by atoms with Crippen molar-refractivity contribution in [3.8, 4) is 0 Å². The highest BCUT2D eigenvalue weighted by Crippen LogP contribution is 2.27. The van der Waals surface area contributed by atoms with E-state index in [-0.39, 0.29) is 6.10 Å². The number of nitrogens with one attached hydrogen (secondary N) is 1. The van der Waals surface area contributed by atoms with Crippen LogP contribution in [0.1, 0.15) is 38.5 Å². The highest BCUT2D eigenvalue weighted by Gasteiger charge is 2.22. The number of rotatable bonds is 5. The molecular formula is C13H20ClN3O. The number of halogens is 1. The molecule has 100 valence electrons.